The summed E-state index contributed by atoms with van der Waals surface area (Å²) in [6.45, 7) is 2.90. The third-order valence-electron chi connectivity index (χ3n) is 4.09. The Morgan fingerprint density at radius 1 is 1.12 bits per heavy atom. The van der Waals surface area contributed by atoms with Crippen molar-refractivity contribution in [3.63, 3.8) is 0 Å². The molecule has 3 saturated heterocycles. The summed E-state index contributed by atoms with van der Waals surface area (Å²) in [7, 11) is 0. The molecular weight excluding hydrogens is 257 g/mol. The normalized spacial score (nSPS) is 36.2. The Kier molecular flexibility index (Phi) is 2.86. The number of hydrogen-bond donors (Lipinski definition) is 1. The van der Waals surface area contributed by atoms with Crippen LogP contribution in [-0.4, -0.2) is 29.6 Å². The smallest absolute Gasteiger partial charge is 0.105 e. The molecule has 3 fully saturated rings. The summed E-state index contributed by atoms with van der Waals surface area (Å²) in [5, 5.41) is 12.1. The number of hydrogen-bond acceptors (Lipinski definition) is 2. The standard InChI is InChI=1S/C13H15Cl2NO/c14-11-5-10(6-12(15)7-11)13(17)8-16-3-1-9(13)2-4-16/h5-7,9,17H,1-4,8H2. The molecule has 0 amide bonds. The van der Waals surface area contributed by atoms with E-state index in [1.54, 1.807) is 6.07 Å². The van der Waals surface area contributed by atoms with Crippen LogP contribution in [0.2, 0.25) is 10.0 Å². The molecule has 0 saturated carbocycles. The van der Waals surface area contributed by atoms with Crippen LogP contribution < -0.4 is 0 Å². The minimum Gasteiger partial charge on any atom is -0.384 e. The SMILES string of the molecule is OC1(c2cc(Cl)cc(Cl)c2)CN2CCC1CC2. The topological polar surface area (TPSA) is 23.5 Å². The second-order valence-corrected chi connectivity index (χ2v) is 6.01. The second-order valence-electron chi connectivity index (χ2n) is 5.13. The van der Waals surface area contributed by atoms with Crippen LogP contribution in [0.1, 0.15) is 18.4 Å². The van der Waals surface area contributed by atoms with Crippen molar-refractivity contribution in [1.82, 2.24) is 4.90 Å². The van der Waals surface area contributed by atoms with E-state index in [1.807, 2.05) is 12.1 Å². The Labute approximate surface area is 111 Å². The monoisotopic (exact) mass is 271 g/mol. The first-order valence-electron chi connectivity index (χ1n) is 5.99. The number of nitrogens with zero attached hydrogens (tertiary/aromatic N) is 1. The van der Waals surface area contributed by atoms with Crippen molar-refractivity contribution in [3.05, 3.63) is 33.8 Å². The van der Waals surface area contributed by atoms with Crippen molar-refractivity contribution in [3.8, 4) is 0 Å². The minimum absolute atomic E-state index is 0.335. The highest BCUT2D eigenvalue weighted by Crippen LogP contribution is 2.43. The van der Waals surface area contributed by atoms with Gasteiger partial charge in [-0.25, -0.2) is 0 Å². The molecule has 1 unspecified atom stereocenters. The first kappa shape index (κ1) is 11.8. The fourth-order valence-electron chi connectivity index (χ4n) is 3.17. The molecule has 2 bridgehead atoms. The van der Waals surface area contributed by atoms with Gasteiger partial charge < -0.3 is 10.0 Å². The van der Waals surface area contributed by atoms with E-state index < -0.39 is 5.60 Å². The number of halogens is 2. The molecule has 3 aliphatic rings. The molecule has 4 rings (SSSR count). The molecule has 3 aliphatic heterocycles. The summed E-state index contributed by atoms with van der Waals surface area (Å²) in [5.41, 5.74) is 0.0924. The van der Waals surface area contributed by atoms with Gasteiger partial charge in [-0.15, -0.1) is 0 Å². The van der Waals surface area contributed by atoms with Crippen LogP contribution in [0.3, 0.4) is 0 Å². The zero-order chi connectivity index (χ0) is 12.0. The first-order valence-corrected chi connectivity index (χ1v) is 6.75. The molecule has 1 aromatic carbocycles. The van der Waals surface area contributed by atoms with E-state index in [0.717, 1.165) is 31.5 Å². The Morgan fingerprint density at radius 3 is 2.18 bits per heavy atom. The number of benzene rings is 1. The second kappa shape index (κ2) is 4.13. The molecule has 17 heavy (non-hydrogen) atoms. The van der Waals surface area contributed by atoms with Crippen LogP contribution in [0.15, 0.2) is 18.2 Å². The lowest BCUT2D eigenvalue weighted by Gasteiger charge is -2.50. The van der Waals surface area contributed by atoms with Crippen LogP contribution in [-0.2, 0) is 5.60 Å². The molecule has 92 valence electrons. The number of piperidine rings is 3. The largest absolute Gasteiger partial charge is 0.384 e. The van der Waals surface area contributed by atoms with Gasteiger partial charge in [-0.2, -0.15) is 0 Å². The maximum absolute atomic E-state index is 10.9. The molecule has 0 aromatic heterocycles. The van der Waals surface area contributed by atoms with Gasteiger partial charge in [-0.1, -0.05) is 23.2 Å². The average molecular weight is 272 g/mol. The van der Waals surface area contributed by atoms with Crippen molar-refractivity contribution in [2.24, 2.45) is 5.92 Å². The van der Waals surface area contributed by atoms with Crippen LogP contribution in [0.5, 0.6) is 0 Å². The van der Waals surface area contributed by atoms with Crippen molar-refractivity contribution in [2.75, 3.05) is 19.6 Å². The maximum atomic E-state index is 10.9. The molecule has 0 spiro atoms. The highest BCUT2D eigenvalue weighted by molar-refractivity contribution is 6.34. The van der Waals surface area contributed by atoms with Gasteiger partial charge >= 0.3 is 0 Å². The van der Waals surface area contributed by atoms with Crippen molar-refractivity contribution >= 4 is 23.2 Å². The van der Waals surface area contributed by atoms with Crippen LogP contribution in [0, 0.1) is 5.92 Å². The lowest BCUT2D eigenvalue weighted by Crippen LogP contribution is -2.57. The van der Waals surface area contributed by atoms with Crippen molar-refractivity contribution < 1.29 is 5.11 Å². The van der Waals surface area contributed by atoms with Gasteiger partial charge in [0.1, 0.15) is 5.60 Å². The van der Waals surface area contributed by atoms with Gasteiger partial charge in [0.25, 0.3) is 0 Å². The molecule has 4 heteroatoms. The highest BCUT2D eigenvalue weighted by Gasteiger charge is 2.46. The Balaban J connectivity index is 2.02. The van der Waals surface area contributed by atoms with Crippen LogP contribution in [0.25, 0.3) is 0 Å². The van der Waals surface area contributed by atoms with E-state index in [1.165, 1.54) is 0 Å². The van der Waals surface area contributed by atoms with E-state index in [9.17, 15) is 5.11 Å². The predicted octanol–water partition coefficient (Wildman–Crippen LogP) is 2.91. The number of aliphatic hydroxyl groups is 1. The maximum Gasteiger partial charge on any atom is 0.105 e. The zero-order valence-corrected chi connectivity index (χ0v) is 11.0. The van der Waals surface area contributed by atoms with E-state index in [-0.39, 0.29) is 0 Å². The Hall–Kier alpha value is -0.280. The lowest BCUT2D eigenvalue weighted by molar-refractivity contribution is -0.117. The fourth-order valence-corrected chi connectivity index (χ4v) is 3.70. The minimum atomic E-state index is -0.773. The van der Waals surface area contributed by atoms with Gasteiger partial charge in [-0.3, -0.25) is 0 Å². The van der Waals surface area contributed by atoms with Gasteiger partial charge in [0, 0.05) is 16.6 Å². The highest BCUT2D eigenvalue weighted by atomic mass is 35.5. The number of fused-ring (bicyclic) bond motifs is 3. The van der Waals surface area contributed by atoms with E-state index >= 15 is 0 Å². The van der Waals surface area contributed by atoms with Crippen LogP contribution >= 0.6 is 23.2 Å². The third-order valence-corrected chi connectivity index (χ3v) is 4.53. The van der Waals surface area contributed by atoms with E-state index in [0.29, 0.717) is 22.5 Å². The third kappa shape index (κ3) is 1.97. The summed E-state index contributed by atoms with van der Waals surface area (Å²) in [5.74, 6) is 0.335. The molecule has 3 heterocycles. The quantitative estimate of drug-likeness (QED) is 0.849. The van der Waals surface area contributed by atoms with Gasteiger partial charge in [0.2, 0.25) is 0 Å². The van der Waals surface area contributed by atoms with Crippen LogP contribution in [0.4, 0.5) is 0 Å². The van der Waals surface area contributed by atoms with E-state index in [4.69, 9.17) is 23.2 Å². The molecule has 1 N–H and O–H groups in total. The Morgan fingerprint density at radius 2 is 1.71 bits per heavy atom. The molecule has 1 atom stereocenters. The fraction of sp³-hybridized carbons (Fsp3) is 0.538. The Bertz CT molecular complexity index is 423. The molecule has 0 aliphatic carbocycles. The molecule has 2 nitrogen and oxygen atoms in total. The zero-order valence-electron chi connectivity index (χ0n) is 9.50. The van der Waals surface area contributed by atoms with Crippen molar-refractivity contribution in [1.29, 1.82) is 0 Å². The number of rotatable bonds is 1. The first-order chi connectivity index (χ1) is 8.08. The molecule has 1 aromatic rings. The molecule has 0 radical (unpaired) electrons. The lowest BCUT2D eigenvalue weighted by atomic mass is 9.72. The summed E-state index contributed by atoms with van der Waals surface area (Å²) in [6, 6.07) is 5.39. The predicted molar refractivity (Wildman–Crippen MR) is 69.5 cm³/mol. The van der Waals surface area contributed by atoms with Gasteiger partial charge in [0.15, 0.2) is 0 Å². The van der Waals surface area contributed by atoms with Gasteiger partial charge in [0.05, 0.1) is 0 Å². The summed E-state index contributed by atoms with van der Waals surface area (Å²) < 4.78 is 0. The van der Waals surface area contributed by atoms with Gasteiger partial charge in [-0.05, 0) is 55.6 Å². The summed E-state index contributed by atoms with van der Waals surface area (Å²) in [4.78, 5) is 2.31. The van der Waals surface area contributed by atoms with Crippen molar-refractivity contribution in [2.45, 2.75) is 18.4 Å². The average Bonchev–Trinajstić information content (AvgIpc) is 2.29. The summed E-state index contributed by atoms with van der Waals surface area (Å²) in [6.07, 6.45) is 2.11. The summed E-state index contributed by atoms with van der Waals surface area (Å²) >= 11 is 12.0. The molecular formula is C13H15Cl2NO. The van der Waals surface area contributed by atoms with E-state index in [2.05, 4.69) is 4.90 Å².